The van der Waals surface area contributed by atoms with E-state index >= 15 is 0 Å². The number of hydrogen-bond acceptors (Lipinski definition) is 4. The third-order valence-electron chi connectivity index (χ3n) is 5.65. The average molecular weight is 427 g/mol. The summed E-state index contributed by atoms with van der Waals surface area (Å²) in [5.41, 5.74) is 4.48. The topological polar surface area (TPSA) is 58.6 Å². The molecule has 0 aromatic heterocycles. The summed E-state index contributed by atoms with van der Waals surface area (Å²) in [6.45, 7) is 2.40. The Morgan fingerprint density at radius 3 is 2.09 bits per heavy atom. The number of nitrogens with zero attached hydrogens (tertiary/aromatic N) is 1. The highest BCUT2D eigenvalue weighted by Gasteiger charge is 2.38. The van der Waals surface area contributed by atoms with E-state index in [9.17, 15) is 9.59 Å². The van der Waals surface area contributed by atoms with Gasteiger partial charge in [-0.3, -0.25) is 14.5 Å². The molecule has 5 heteroatoms. The number of methoxy groups -OCH3 is 1. The molecule has 5 nitrogen and oxygen atoms in total. The first-order chi connectivity index (χ1) is 15.6. The Hall–Kier alpha value is -3.86. The maximum Gasteiger partial charge on any atom is 0.278 e. The van der Waals surface area contributed by atoms with E-state index in [1.54, 1.807) is 7.11 Å². The lowest BCUT2D eigenvalue weighted by molar-refractivity contribution is -0.136. The number of hydrogen-bond donors (Lipinski definition) is 1. The Morgan fingerprint density at radius 2 is 1.47 bits per heavy atom. The monoisotopic (exact) mass is 426 g/mol. The van der Waals surface area contributed by atoms with E-state index in [0.29, 0.717) is 24.2 Å². The lowest BCUT2D eigenvalue weighted by Crippen LogP contribution is -2.34. The number of amides is 2. The number of carbonyl (C=O) groups is 2. The Labute approximate surface area is 188 Å². The molecule has 3 aromatic rings. The van der Waals surface area contributed by atoms with Crippen molar-refractivity contribution in [1.29, 1.82) is 0 Å². The van der Waals surface area contributed by atoms with Crippen molar-refractivity contribution in [2.24, 2.45) is 0 Å². The van der Waals surface area contributed by atoms with Crippen LogP contribution in [-0.2, 0) is 22.4 Å². The molecule has 0 atom stereocenters. The molecule has 0 fully saturated rings. The van der Waals surface area contributed by atoms with Crippen LogP contribution >= 0.6 is 0 Å². The second-order valence-corrected chi connectivity index (χ2v) is 7.65. The van der Waals surface area contributed by atoms with E-state index in [1.165, 1.54) is 10.5 Å². The van der Waals surface area contributed by atoms with E-state index < -0.39 is 0 Å². The van der Waals surface area contributed by atoms with E-state index in [0.717, 1.165) is 29.0 Å². The zero-order valence-corrected chi connectivity index (χ0v) is 18.3. The van der Waals surface area contributed by atoms with Gasteiger partial charge in [0.05, 0.1) is 12.7 Å². The normalized spacial score (nSPS) is 13.6. The van der Waals surface area contributed by atoms with Crippen molar-refractivity contribution in [3.63, 3.8) is 0 Å². The minimum absolute atomic E-state index is 0.276. The Morgan fingerprint density at radius 1 is 0.812 bits per heavy atom. The first kappa shape index (κ1) is 21.4. The van der Waals surface area contributed by atoms with E-state index in [2.05, 4.69) is 12.2 Å². The summed E-state index contributed by atoms with van der Waals surface area (Å²) in [7, 11) is 1.62. The van der Waals surface area contributed by atoms with Gasteiger partial charge in [0.2, 0.25) is 0 Å². The van der Waals surface area contributed by atoms with Gasteiger partial charge in [-0.15, -0.1) is 0 Å². The quantitative estimate of drug-likeness (QED) is 0.531. The summed E-state index contributed by atoms with van der Waals surface area (Å²) >= 11 is 0. The van der Waals surface area contributed by atoms with Crippen molar-refractivity contribution >= 4 is 23.1 Å². The fourth-order valence-electron chi connectivity index (χ4n) is 3.77. The van der Waals surface area contributed by atoms with Crippen LogP contribution in [0, 0.1) is 0 Å². The summed E-state index contributed by atoms with van der Waals surface area (Å²) in [4.78, 5) is 28.0. The molecule has 162 valence electrons. The fraction of sp³-hybridized carbons (Fsp3) is 0.185. The van der Waals surface area contributed by atoms with Crippen LogP contribution in [0.1, 0.15) is 23.6 Å². The standard InChI is InChI=1S/C27H26N2O3/c1-3-19-9-13-22(14-10-19)28-25-24(21-7-5-4-6-8-21)26(30)29(27(25)31)18-17-20-11-15-23(32-2)16-12-20/h4-16,28H,3,17-18H2,1-2H3. The van der Waals surface area contributed by atoms with Gasteiger partial charge in [-0.2, -0.15) is 0 Å². The van der Waals surface area contributed by atoms with Crippen molar-refractivity contribution in [3.8, 4) is 5.75 Å². The summed E-state index contributed by atoms with van der Waals surface area (Å²) < 4.78 is 5.20. The molecular weight excluding hydrogens is 400 g/mol. The number of imide groups is 1. The molecule has 32 heavy (non-hydrogen) atoms. The molecule has 0 saturated heterocycles. The Kier molecular flexibility index (Phi) is 6.36. The fourth-order valence-corrected chi connectivity index (χ4v) is 3.77. The molecule has 0 bridgehead atoms. The lowest BCUT2D eigenvalue weighted by atomic mass is 10.0. The molecule has 1 aliphatic rings. The Bertz CT molecular complexity index is 1130. The van der Waals surface area contributed by atoms with Crippen LogP contribution in [0.3, 0.4) is 0 Å². The van der Waals surface area contributed by atoms with Crippen molar-refractivity contribution in [3.05, 3.63) is 101 Å². The largest absolute Gasteiger partial charge is 0.497 e. The second kappa shape index (κ2) is 9.52. The van der Waals surface area contributed by atoms with Gasteiger partial charge >= 0.3 is 0 Å². The molecule has 0 radical (unpaired) electrons. The average Bonchev–Trinajstić information content (AvgIpc) is 3.07. The smallest absolute Gasteiger partial charge is 0.278 e. The maximum absolute atomic E-state index is 13.3. The number of anilines is 1. The van der Waals surface area contributed by atoms with Crippen molar-refractivity contribution in [2.75, 3.05) is 19.0 Å². The number of ether oxygens (including phenoxy) is 1. The summed E-state index contributed by atoms with van der Waals surface area (Å²) in [5.74, 6) is 0.194. The van der Waals surface area contributed by atoms with E-state index in [-0.39, 0.29) is 11.8 Å². The maximum atomic E-state index is 13.3. The van der Waals surface area contributed by atoms with Gasteiger partial charge < -0.3 is 10.1 Å². The number of carbonyl (C=O) groups excluding carboxylic acids is 2. The first-order valence-electron chi connectivity index (χ1n) is 10.8. The van der Waals surface area contributed by atoms with Crippen molar-refractivity contribution in [1.82, 2.24) is 4.90 Å². The molecule has 4 rings (SSSR count). The highest BCUT2D eigenvalue weighted by Crippen LogP contribution is 2.30. The summed E-state index contributed by atoms with van der Waals surface area (Å²) in [5, 5.41) is 3.22. The summed E-state index contributed by atoms with van der Waals surface area (Å²) in [6.07, 6.45) is 1.51. The highest BCUT2D eigenvalue weighted by atomic mass is 16.5. The van der Waals surface area contributed by atoms with Gasteiger partial charge in [-0.05, 0) is 53.8 Å². The van der Waals surface area contributed by atoms with Gasteiger partial charge in [0, 0.05) is 12.2 Å². The minimum Gasteiger partial charge on any atom is -0.497 e. The molecule has 2 amide bonds. The van der Waals surface area contributed by atoms with Crippen molar-refractivity contribution in [2.45, 2.75) is 19.8 Å². The molecule has 0 saturated carbocycles. The summed E-state index contributed by atoms with van der Waals surface area (Å²) in [6, 6.07) is 24.9. The van der Waals surface area contributed by atoms with Gasteiger partial charge in [0.15, 0.2) is 0 Å². The zero-order chi connectivity index (χ0) is 22.5. The molecule has 1 heterocycles. The molecule has 0 aliphatic carbocycles. The molecular formula is C27H26N2O3. The van der Waals surface area contributed by atoms with Crippen LogP contribution in [0.25, 0.3) is 5.57 Å². The van der Waals surface area contributed by atoms with Gasteiger partial charge in [0.25, 0.3) is 11.8 Å². The first-order valence-corrected chi connectivity index (χ1v) is 10.8. The van der Waals surface area contributed by atoms with E-state index in [1.807, 2.05) is 78.9 Å². The third-order valence-corrected chi connectivity index (χ3v) is 5.65. The van der Waals surface area contributed by atoms with E-state index in [4.69, 9.17) is 4.74 Å². The van der Waals surface area contributed by atoms with Gasteiger partial charge in [-0.25, -0.2) is 0 Å². The van der Waals surface area contributed by atoms with Crippen LogP contribution in [0.15, 0.2) is 84.6 Å². The second-order valence-electron chi connectivity index (χ2n) is 7.65. The third kappa shape index (κ3) is 4.42. The van der Waals surface area contributed by atoms with Gasteiger partial charge in [0.1, 0.15) is 11.4 Å². The molecule has 1 aliphatic heterocycles. The SMILES string of the molecule is CCc1ccc(NC2=C(c3ccccc3)C(=O)N(CCc3ccc(OC)cc3)C2=O)cc1. The Balaban J connectivity index is 1.60. The predicted octanol–water partition coefficient (Wildman–Crippen LogP) is 4.69. The number of nitrogens with one attached hydrogen (secondary N) is 1. The molecule has 0 unspecified atom stereocenters. The van der Waals surface area contributed by atoms with Gasteiger partial charge in [-0.1, -0.05) is 61.5 Å². The van der Waals surface area contributed by atoms with Crippen LogP contribution in [-0.4, -0.2) is 30.4 Å². The predicted molar refractivity (Wildman–Crippen MR) is 126 cm³/mol. The number of rotatable bonds is 8. The molecule has 3 aromatic carbocycles. The molecule has 1 N–H and O–H groups in total. The minimum atomic E-state index is -0.304. The van der Waals surface area contributed by atoms with Crippen LogP contribution in [0.4, 0.5) is 5.69 Å². The molecule has 0 spiro atoms. The number of aryl methyl sites for hydroxylation is 1. The van der Waals surface area contributed by atoms with Crippen LogP contribution < -0.4 is 10.1 Å². The van der Waals surface area contributed by atoms with Crippen molar-refractivity contribution < 1.29 is 14.3 Å². The zero-order valence-electron chi connectivity index (χ0n) is 18.3. The lowest BCUT2D eigenvalue weighted by Gasteiger charge is -2.15. The highest BCUT2D eigenvalue weighted by molar-refractivity contribution is 6.36. The number of benzene rings is 3. The van der Waals surface area contributed by atoms with Crippen LogP contribution in [0.5, 0.6) is 5.75 Å². The van der Waals surface area contributed by atoms with Crippen LogP contribution in [0.2, 0.25) is 0 Å².